The molecule has 2 bridgehead atoms. The second-order valence-corrected chi connectivity index (χ2v) is 8.67. The standard InChI is InChI=1S/C21H31N3/c1-21(2)16-11-15(12-17(21)13-16)14-24-9-7-18(8-10-24)23-20-6-4-3-5-19(20)22/h3-6,11,16-18,23H,7-10,12-14,22H2,1-2H3. The van der Waals surface area contributed by atoms with Crippen LogP contribution in [0.25, 0.3) is 0 Å². The Morgan fingerprint density at radius 2 is 1.96 bits per heavy atom. The van der Waals surface area contributed by atoms with Crippen LogP contribution in [0.5, 0.6) is 0 Å². The number of rotatable bonds is 4. The molecule has 0 radical (unpaired) electrons. The molecular weight excluding hydrogens is 294 g/mol. The summed E-state index contributed by atoms with van der Waals surface area (Å²) in [6, 6.07) is 8.66. The van der Waals surface area contributed by atoms with E-state index in [9.17, 15) is 0 Å². The third-order valence-electron chi connectivity index (χ3n) is 6.83. The average Bonchev–Trinajstić information content (AvgIpc) is 2.59. The molecule has 4 aliphatic rings. The van der Waals surface area contributed by atoms with Crippen LogP contribution in [0, 0.1) is 17.3 Å². The molecular formula is C21H31N3. The Morgan fingerprint density at radius 1 is 1.21 bits per heavy atom. The molecule has 5 rings (SSSR count). The summed E-state index contributed by atoms with van der Waals surface area (Å²) >= 11 is 0. The Kier molecular flexibility index (Phi) is 4.07. The molecule has 0 spiro atoms. The van der Waals surface area contributed by atoms with E-state index in [4.69, 9.17) is 5.73 Å². The van der Waals surface area contributed by atoms with Crippen LogP contribution in [0.2, 0.25) is 0 Å². The Morgan fingerprint density at radius 3 is 2.58 bits per heavy atom. The van der Waals surface area contributed by atoms with Crippen LogP contribution in [0.3, 0.4) is 0 Å². The predicted octanol–water partition coefficient (Wildman–Crippen LogP) is 4.14. The van der Waals surface area contributed by atoms with Crippen LogP contribution in [0.15, 0.2) is 35.9 Å². The number of nitrogens with zero attached hydrogens (tertiary/aromatic N) is 1. The maximum Gasteiger partial charge on any atom is 0.0576 e. The minimum absolute atomic E-state index is 0.554. The number of piperidine rings is 1. The van der Waals surface area contributed by atoms with Crippen molar-refractivity contribution in [2.45, 2.75) is 45.6 Å². The maximum atomic E-state index is 6.05. The summed E-state index contributed by atoms with van der Waals surface area (Å²) in [5.74, 6) is 1.77. The molecule has 3 N–H and O–H groups in total. The Bertz CT molecular complexity index is 626. The fraction of sp³-hybridized carbons (Fsp3) is 0.619. The molecule has 3 heteroatoms. The van der Waals surface area contributed by atoms with Gasteiger partial charge in [0.05, 0.1) is 11.4 Å². The van der Waals surface area contributed by atoms with Gasteiger partial charge in [0.15, 0.2) is 0 Å². The lowest BCUT2D eigenvalue weighted by Crippen LogP contribution is -2.48. The van der Waals surface area contributed by atoms with Crippen molar-refractivity contribution < 1.29 is 0 Å². The van der Waals surface area contributed by atoms with Crippen molar-refractivity contribution in [3.8, 4) is 0 Å². The molecule has 0 amide bonds. The van der Waals surface area contributed by atoms with Crippen LogP contribution < -0.4 is 11.1 Å². The largest absolute Gasteiger partial charge is 0.397 e. The molecule has 2 atom stereocenters. The molecule has 24 heavy (non-hydrogen) atoms. The number of nitrogen functional groups attached to an aromatic ring is 1. The zero-order valence-corrected chi connectivity index (χ0v) is 15.1. The van der Waals surface area contributed by atoms with E-state index in [2.05, 4.69) is 42.3 Å². The first kappa shape index (κ1) is 16.0. The second kappa shape index (κ2) is 6.11. The van der Waals surface area contributed by atoms with E-state index in [1.807, 2.05) is 12.1 Å². The Hall–Kier alpha value is -1.48. The SMILES string of the molecule is CC1(C)C2C=C(CN3CCC(Nc4ccccc4N)CC3)CC1C2. The predicted molar refractivity (Wildman–Crippen MR) is 102 cm³/mol. The van der Waals surface area contributed by atoms with E-state index >= 15 is 0 Å². The molecule has 3 aliphatic carbocycles. The van der Waals surface area contributed by atoms with Crippen molar-refractivity contribution in [2.75, 3.05) is 30.7 Å². The zero-order valence-electron chi connectivity index (χ0n) is 15.1. The van der Waals surface area contributed by atoms with Crippen molar-refractivity contribution in [2.24, 2.45) is 17.3 Å². The number of hydrogen-bond acceptors (Lipinski definition) is 3. The summed E-state index contributed by atoms with van der Waals surface area (Å²) in [4.78, 5) is 2.65. The Balaban J connectivity index is 1.27. The highest BCUT2D eigenvalue weighted by molar-refractivity contribution is 5.65. The normalized spacial score (nSPS) is 29.7. The summed E-state index contributed by atoms with van der Waals surface area (Å²) in [5.41, 5.74) is 10.3. The van der Waals surface area contributed by atoms with Crippen LogP contribution in [0.1, 0.15) is 39.5 Å². The van der Waals surface area contributed by atoms with Crippen LogP contribution in [0.4, 0.5) is 11.4 Å². The molecule has 1 saturated heterocycles. The van der Waals surface area contributed by atoms with Crippen molar-refractivity contribution in [1.29, 1.82) is 0 Å². The van der Waals surface area contributed by atoms with Gasteiger partial charge in [0.2, 0.25) is 0 Å². The highest BCUT2D eigenvalue weighted by Gasteiger charge is 2.49. The van der Waals surface area contributed by atoms with Crippen molar-refractivity contribution in [3.05, 3.63) is 35.9 Å². The number of nitrogens with one attached hydrogen (secondary N) is 1. The fourth-order valence-corrected chi connectivity index (χ4v) is 4.84. The van der Waals surface area contributed by atoms with E-state index in [0.29, 0.717) is 11.5 Å². The third kappa shape index (κ3) is 2.95. The van der Waals surface area contributed by atoms with E-state index in [1.165, 1.54) is 45.3 Å². The minimum Gasteiger partial charge on any atom is -0.397 e. The number of anilines is 2. The van der Waals surface area contributed by atoms with Gasteiger partial charge in [-0.15, -0.1) is 0 Å². The van der Waals surface area contributed by atoms with Crippen molar-refractivity contribution in [1.82, 2.24) is 4.90 Å². The third-order valence-corrected chi connectivity index (χ3v) is 6.83. The molecule has 1 aromatic rings. The van der Waals surface area contributed by atoms with E-state index in [1.54, 1.807) is 5.57 Å². The molecule has 2 fully saturated rings. The van der Waals surface area contributed by atoms with Gasteiger partial charge in [0.25, 0.3) is 0 Å². The monoisotopic (exact) mass is 325 g/mol. The van der Waals surface area contributed by atoms with Gasteiger partial charge >= 0.3 is 0 Å². The Labute approximate surface area is 146 Å². The number of benzene rings is 1. The zero-order chi connectivity index (χ0) is 16.7. The minimum atomic E-state index is 0.554. The van der Waals surface area contributed by atoms with Crippen molar-refractivity contribution >= 4 is 11.4 Å². The first-order valence-electron chi connectivity index (χ1n) is 9.55. The van der Waals surface area contributed by atoms with Crippen LogP contribution in [-0.2, 0) is 0 Å². The number of nitrogens with two attached hydrogens (primary N) is 1. The second-order valence-electron chi connectivity index (χ2n) is 8.67. The molecule has 1 aromatic carbocycles. The molecule has 1 saturated carbocycles. The van der Waals surface area contributed by atoms with Crippen LogP contribution >= 0.6 is 0 Å². The van der Waals surface area contributed by atoms with Gasteiger partial charge < -0.3 is 11.1 Å². The summed E-state index contributed by atoms with van der Waals surface area (Å²) in [5, 5.41) is 3.63. The van der Waals surface area contributed by atoms with Gasteiger partial charge in [0.1, 0.15) is 0 Å². The topological polar surface area (TPSA) is 41.3 Å². The molecule has 130 valence electrons. The average molecular weight is 326 g/mol. The van der Waals surface area contributed by atoms with Crippen molar-refractivity contribution in [3.63, 3.8) is 0 Å². The number of hydrogen-bond donors (Lipinski definition) is 2. The van der Waals surface area contributed by atoms with Gasteiger partial charge in [0, 0.05) is 25.7 Å². The summed E-state index contributed by atoms with van der Waals surface area (Å²) in [6.07, 6.45) is 7.79. The quantitative estimate of drug-likeness (QED) is 0.646. The summed E-state index contributed by atoms with van der Waals surface area (Å²) in [6.45, 7) is 8.49. The smallest absolute Gasteiger partial charge is 0.0576 e. The molecule has 2 unspecified atom stereocenters. The van der Waals surface area contributed by atoms with Gasteiger partial charge in [-0.2, -0.15) is 0 Å². The first-order valence-corrected chi connectivity index (χ1v) is 9.55. The fourth-order valence-electron chi connectivity index (χ4n) is 4.84. The summed E-state index contributed by atoms with van der Waals surface area (Å²) in [7, 11) is 0. The molecule has 0 aromatic heterocycles. The molecule has 3 nitrogen and oxygen atoms in total. The first-order chi connectivity index (χ1) is 11.5. The highest BCUT2D eigenvalue weighted by atomic mass is 15.1. The number of allylic oxidation sites excluding steroid dienone is 1. The summed E-state index contributed by atoms with van der Waals surface area (Å²) < 4.78 is 0. The van der Waals surface area contributed by atoms with Gasteiger partial charge in [-0.25, -0.2) is 0 Å². The lowest BCUT2D eigenvalue weighted by atomic mass is 9.50. The number of fused-ring (bicyclic) bond motifs is 1. The van der Waals surface area contributed by atoms with E-state index in [0.717, 1.165) is 23.2 Å². The van der Waals surface area contributed by atoms with Gasteiger partial charge in [-0.3, -0.25) is 4.90 Å². The lowest BCUT2D eigenvalue weighted by molar-refractivity contribution is -0.00306. The van der Waals surface area contributed by atoms with Gasteiger partial charge in [-0.1, -0.05) is 37.6 Å². The molecule has 1 aliphatic heterocycles. The highest BCUT2D eigenvalue weighted by Crippen LogP contribution is 2.58. The van der Waals surface area contributed by atoms with E-state index < -0.39 is 0 Å². The van der Waals surface area contributed by atoms with Gasteiger partial charge in [-0.05, 0) is 55.1 Å². The lowest BCUT2D eigenvalue weighted by Gasteiger charge is -2.55. The van der Waals surface area contributed by atoms with E-state index in [-0.39, 0.29) is 0 Å². The molecule has 1 heterocycles. The number of para-hydroxylation sites is 2. The van der Waals surface area contributed by atoms with Crippen LogP contribution in [-0.4, -0.2) is 30.6 Å². The maximum absolute atomic E-state index is 6.05. The number of likely N-dealkylation sites (tertiary alicyclic amines) is 1.